The summed E-state index contributed by atoms with van der Waals surface area (Å²) in [6.45, 7) is 4.37. The van der Waals surface area contributed by atoms with E-state index in [2.05, 4.69) is 37.0 Å². The summed E-state index contributed by atoms with van der Waals surface area (Å²) < 4.78 is 0. The van der Waals surface area contributed by atoms with Crippen LogP contribution in [0.25, 0.3) is 11.3 Å². The molecule has 0 spiro atoms. The van der Waals surface area contributed by atoms with Gasteiger partial charge >= 0.3 is 0 Å². The fourth-order valence-corrected chi connectivity index (χ4v) is 2.01. The minimum Gasteiger partial charge on any atom is -0.396 e. The third kappa shape index (κ3) is 2.71. The topological polar surface area (TPSA) is 33.1 Å². The molecule has 0 saturated carbocycles. The Morgan fingerprint density at radius 1 is 1.12 bits per heavy atom. The molecule has 0 fully saturated rings. The molecule has 0 radical (unpaired) electrons. The molecule has 0 bridgehead atoms. The first kappa shape index (κ1) is 11.8. The lowest BCUT2D eigenvalue weighted by molar-refractivity contribution is 0.299. The Morgan fingerprint density at radius 2 is 1.94 bits per heavy atom. The largest absolute Gasteiger partial charge is 0.396 e. The van der Waals surface area contributed by atoms with Gasteiger partial charge in [-0.1, -0.05) is 23.8 Å². The molecule has 0 atom stereocenters. The van der Waals surface area contributed by atoms with Crippen LogP contribution in [0.4, 0.5) is 0 Å². The molecule has 2 rings (SSSR count). The van der Waals surface area contributed by atoms with Crippen molar-refractivity contribution in [2.24, 2.45) is 0 Å². The van der Waals surface area contributed by atoms with Crippen LogP contribution in [0.2, 0.25) is 0 Å². The molecule has 1 aromatic heterocycles. The minimum absolute atomic E-state index is 0.177. The van der Waals surface area contributed by atoms with Crippen LogP contribution in [-0.4, -0.2) is 16.7 Å². The minimum atomic E-state index is 0.177. The second kappa shape index (κ2) is 5.11. The third-order valence-electron chi connectivity index (χ3n) is 2.88. The predicted molar refractivity (Wildman–Crippen MR) is 69.9 cm³/mol. The first-order valence-electron chi connectivity index (χ1n) is 5.84. The number of pyridine rings is 1. The summed E-state index contributed by atoms with van der Waals surface area (Å²) in [5, 5.41) is 8.95. The number of benzene rings is 1. The van der Waals surface area contributed by atoms with Gasteiger partial charge in [-0.3, -0.25) is 4.98 Å². The number of rotatable bonds is 3. The van der Waals surface area contributed by atoms with Gasteiger partial charge in [-0.15, -0.1) is 0 Å². The molecule has 2 nitrogen and oxygen atoms in total. The number of aryl methyl sites for hydroxylation is 2. The standard InChI is InChI=1S/C15H17NO/c1-11-3-4-14(12(2)9-11)15-10-13(6-8-17)5-7-16-15/h3-5,7,9-10,17H,6,8H2,1-2H3. The summed E-state index contributed by atoms with van der Waals surface area (Å²) in [7, 11) is 0. The van der Waals surface area contributed by atoms with E-state index in [0.717, 1.165) is 16.8 Å². The number of aromatic nitrogens is 1. The molecule has 2 heteroatoms. The number of nitrogens with zero attached hydrogens (tertiary/aromatic N) is 1. The summed E-state index contributed by atoms with van der Waals surface area (Å²) in [6, 6.07) is 10.4. The van der Waals surface area contributed by atoms with Crippen LogP contribution in [0.5, 0.6) is 0 Å². The van der Waals surface area contributed by atoms with Crippen LogP contribution in [0.15, 0.2) is 36.5 Å². The van der Waals surface area contributed by atoms with Crippen molar-refractivity contribution in [2.45, 2.75) is 20.3 Å². The van der Waals surface area contributed by atoms with Crippen LogP contribution in [0.3, 0.4) is 0 Å². The van der Waals surface area contributed by atoms with Crippen molar-refractivity contribution in [1.82, 2.24) is 4.98 Å². The second-order valence-corrected chi connectivity index (χ2v) is 4.34. The fraction of sp³-hybridized carbons (Fsp3) is 0.267. The molecule has 0 saturated heterocycles. The van der Waals surface area contributed by atoms with Gasteiger partial charge in [0.05, 0.1) is 5.69 Å². The average Bonchev–Trinajstić information content (AvgIpc) is 2.29. The van der Waals surface area contributed by atoms with Crippen LogP contribution in [0, 0.1) is 13.8 Å². The summed E-state index contributed by atoms with van der Waals surface area (Å²) in [5.74, 6) is 0. The van der Waals surface area contributed by atoms with Crippen molar-refractivity contribution in [3.63, 3.8) is 0 Å². The van der Waals surface area contributed by atoms with Crippen LogP contribution in [0.1, 0.15) is 16.7 Å². The molecule has 1 N–H and O–H groups in total. The molecule has 0 aliphatic rings. The van der Waals surface area contributed by atoms with Crippen molar-refractivity contribution in [2.75, 3.05) is 6.61 Å². The van der Waals surface area contributed by atoms with Gasteiger partial charge in [-0.2, -0.15) is 0 Å². The molecular formula is C15H17NO. The van der Waals surface area contributed by atoms with E-state index < -0.39 is 0 Å². The maximum absolute atomic E-state index is 8.95. The Kier molecular flexibility index (Phi) is 3.55. The smallest absolute Gasteiger partial charge is 0.0707 e. The average molecular weight is 227 g/mol. The van der Waals surface area contributed by atoms with E-state index >= 15 is 0 Å². The third-order valence-corrected chi connectivity index (χ3v) is 2.88. The van der Waals surface area contributed by atoms with Crippen molar-refractivity contribution < 1.29 is 5.11 Å². The molecule has 2 aromatic rings. The summed E-state index contributed by atoms with van der Waals surface area (Å²) >= 11 is 0. The molecule has 0 unspecified atom stereocenters. The molecule has 0 aliphatic carbocycles. The first-order chi connectivity index (χ1) is 8.20. The molecule has 1 heterocycles. The highest BCUT2D eigenvalue weighted by atomic mass is 16.2. The molecule has 0 aliphatic heterocycles. The molecule has 1 aromatic carbocycles. The molecule has 17 heavy (non-hydrogen) atoms. The second-order valence-electron chi connectivity index (χ2n) is 4.34. The quantitative estimate of drug-likeness (QED) is 0.874. The van der Waals surface area contributed by atoms with E-state index in [1.54, 1.807) is 6.20 Å². The molecular weight excluding hydrogens is 210 g/mol. The Bertz CT molecular complexity index is 520. The predicted octanol–water partition coefficient (Wildman–Crippen LogP) is 2.90. The van der Waals surface area contributed by atoms with Crippen molar-refractivity contribution in [1.29, 1.82) is 0 Å². The number of hydrogen-bond acceptors (Lipinski definition) is 2. The lowest BCUT2D eigenvalue weighted by atomic mass is 10.0. The van der Waals surface area contributed by atoms with E-state index in [0.29, 0.717) is 6.42 Å². The maximum Gasteiger partial charge on any atom is 0.0707 e. The normalized spacial score (nSPS) is 10.5. The van der Waals surface area contributed by atoms with E-state index in [-0.39, 0.29) is 6.61 Å². The van der Waals surface area contributed by atoms with Gasteiger partial charge in [0.1, 0.15) is 0 Å². The summed E-state index contributed by atoms with van der Waals surface area (Å²) in [6.07, 6.45) is 2.49. The Labute approximate surface area is 102 Å². The van der Waals surface area contributed by atoms with E-state index in [9.17, 15) is 0 Å². The maximum atomic E-state index is 8.95. The van der Waals surface area contributed by atoms with E-state index in [1.165, 1.54) is 11.1 Å². The SMILES string of the molecule is Cc1ccc(-c2cc(CCO)ccn2)c(C)c1. The molecule has 88 valence electrons. The lowest BCUT2D eigenvalue weighted by Crippen LogP contribution is -1.94. The van der Waals surface area contributed by atoms with Gasteiger partial charge in [0.25, 0.3) is 0 Å². The van der Waals surface area contributed by atoms with Crippen LogP contribution in [-0.2, 0) is 6.42 Å². The highest BCUT2D eigenvalue weighted by Crippen LogP contribution is 2.23. The van der Waals surface area contributed by atoms with Gasteiger partial charge < -0.3 is 5.11 Å². The lowest BCUT2D eigenvalue weighted by Gasteiger charge is -2.07. The van der Waals surface area contributed by atoms with E-state index in [1.807, 2.05) is 12.1 Å². The highest BCUT2D eigenvalue weighted by Gasteiger charge is 2.04. The van der Waals surface area contributed by atoms with Gasteiger partial charge in [0, 0.05) is 18.4 Å². The summed E-state index contributed by atoms with van der Waals surface area (Å²) in [5.41, 5.74) is 5.76. The van der Waals surface area contributed by atoms with Crippen LogP contribution >= 0.6 is 0 Å². The zero-order valence-corrected chi connectivity index (χ0v) is 10.3. The van der Waals surface area contributed by atoms with Crippen molar-refractivity contribution >= 4 is 0 Å². The van der Waals surface area contributed by atoms with E-state index in [4.69, 9.17) is 5.11 Å². The number of aliphatic hydroxyl groups excluding tert-OH is 1. The number of aliphatic hydroxyl groups is 1. The molecule has 0 amide bonds. The van der Waals surface area contributed by atoms with Gasteiger partial charge in [0.15, 0.2) is 0 Å². The number of hydrogen-bond donors (Lipinski definition) is 1. The monoisotopic (exact) mass is 227 g/mol. The zero-order chi connectivity index (χ0) is 12.3. The Hall–Kier alpha value is -1.67. The Balaban J connectivity index is 2.42. The van der Waals surface area contributed by atoms with Crippen molar-refractivity contribution in [3.8, 4) is 11.3 Å². The van der Waals surface area contributed by atoms with Gasteiger partial charge in [0.2, 0.25) is 0 Å². The highest BCUT2D eigenvalue weighted by molar-refractivity contribution is 5.64. The summed E-state index contributed by atoms with van der Waals surface area (Å²) in [4.78, 5) is 4.40. The Morgan fingerprint density at radius 3 is 2.65 bits per heavy atom. The van der Waals surface area contributed by atoms with Crippen molar-refractivity contribution in [3.05, 3.63) is 53.2 Å². The first-order valence-corrected chi connectivity index (χ1v) is 5.84. The van der Waals surface area contributed by atoms with Crippen LogP contribution < -0.4 is 0 Å². The van der Waals surface area contributed by atoms with Gasteiger partial charge in [-0.05, 0) is 43.5 Å². The van der Waals surface area contributed by atoms with Gasteiger partial charge in [-0.25, -0.2) is 0 Å². The fourth-order valence-electron chi connectivity index (χ4n) is 2.01. The zero-order valence-electron chi connectivity index (χ0n) is 10.3.